The first-order valence-electron chi connectivity index (χ1n) is 4.09. The smallest absolute Gasteiger partial charge is 0.0690 e. The highest BCUT2D eigenvalue weighted by Gasteiger charge is 2.05. The molecule has 0 aliphatic rings. The Balaban J connectivity index is 2.64. The van der Waals surface area contributed by atoms with E-state index in [2.05, 4.69) is 5.92 Å². The first-order valence-corrected chi connectivity index (χ1v) is 4.46. The van der Waals surface area contributed by atoms with Crippen LogP contribution in [0, 0.1) is 12.3 Å². The highest BCUT2D eigenvalue weighted by Crippen LogP contribution is 2.17. The molecule has 0 spiro atoms. The Morgan fingerprint density at radius 2 is 2.15 bits per heavy atom. The molecule has 0 aliphatic heterocycles. The van der Waals surface area contributed by atoms with Crippen LogP contribution in [0.3, 0.4) is 0 Å². The lowest BCUT2D eigenvalue weighted by Gasteiger charge is -2.07. The van der Waals surface area contributed by atoms with Crippen molar-refractivity contribution in [2.45, 2.75) is 18.9 Å². The van der Waals surface area contributed by atoms with E-state index in [0.717, 1.165) is 5.56 Å². The zero-order chi connectivity index (χ0) is 9.68. The molecule has 0 fully saturated rings. The lowest BCUT2D eigenvalue weighted by Crippen LogP contribution is -2.09. The summed E-state index contributed by atoms with van der Waals surface area (Å²) < 4.78 is 0. The Hall–Kier alpha value is -0.970. The number of halogens is 1. The first kappa shape index (κ1) is 10.1. The van der Waals surface area contributed by atoms with Crippen molar-refractivity contribution in [1.82, 2.24) is 0 Å². The van der Waals surface area contributed by atoms with Gasteiger partial charge in [-0.05, 0) is 11.6 Å². The SMILES string of the molecule is C#CCC(O)Cc1ccccc1Cl. The van der Waals surface area contributed by atoms with Gasteiger partial charge in [-0.25, -0.2) is 0 Å². The van der Waals surface area contributed by atoms with Crippen molar-refractivity contribution in [3.8, 4) is 12.3 Å². The maximum Gasteiger partial charge on any atom is 0.0690 e. The maximum absolute atomic E-state index is 9.43. The summed E-state index contributed by atoms with van der Waals surface area (Å²) in [6, 6.07) is 7.45. The van der Waals surface area contributed by atoms with Crippen molar-refractivity contribution in [1.29, 1.82) is 0 Å². The van der Waals surface area contributed by atoms with Gasteiger partial charge in [0.1, 0.15) is 0 Å². The van der Waals surface area contributed by atoms with E-state index >= 15 is 0 Å². The van der Waals surface area contributed by atoms with Crippen LogP contribution in [0.2, 0.25) is 5.02 Å². The van der Waals surface area contributed by atoms with Gasteiger partial charge in [-0.15, -0.1) is 12.3 Å². The molecule has 0 amide bonds. The van der Waals surface area contributed by atoms with Crippen LogP contribution in [0.15, 0.2) is 24.3 Å². The molecule has 1 aromatic carbocycles. The Labute approximate surface area is 83.4 Å². The van der Waals surface area contributed by atoms with Crippen LogP contribution < -0.4 is 0 Å². The van der Waals surface area contributed by atoms with Gasteiger partial charge in [-0.1, -0.05) is 29.8 Å². The third kappa shape index (κ3) is 3.10. The minimum absolute atomic E-state index is 0.366. The van der Waals surface area contributed by atoms with E-state index in [9.17, 15) is 5.11 Å². The van der Waals surface area contributed by atoms with Crippen molar-refractivity contribution in [3.05, 3.63) is 34.9 Å². The molecule has 2 heteroatoms. The molecule has 68 valence electrons. The fraction of sp³-hybridized carbons (Fsp3) is 0.273. The number of hydrogen-bond acceptors (Lipinski definition) is 1. The van der Waals surface area contributed by atoms with E-state index in [1.807, 2.05) is 18.2 Å². The van der Waals surface area contributed by atoms with Gasteiger partial charge in [0.05, 0.1) is 6.10 Å². The molecule has 1 aromatic rings. The Morgan fingerprint density at radius 1 is 1.46 bits per heavy atom. The van der Waals surface area contributed by atoms with Gasteiger partial charge in [-0.2, -0.15) is 0 Å². The van der Waals surface area contributed by atoms with Crippen molar-refractivity contribution >= 4 is 11.6 Å². The third-order valence-electron chi connectivity index (χ3n) is 1.77. The van der Waals surface area contributed by atoms with E-state index in [-0.39, 0.29) is 0 Å². The number of benzene rings is 1. The number of terminal acetylenes is 1. The molecule has 0 heterocycles. The number of rotatable bonds is 3. The molecule has 1 atom stereocenters. The summed E-state index contributed by atoms with van der Waals surface area (Å²) in [5, 5.41) is 10.1. The van der Waals surface area contributed by atoms with Crippen molar-refractivity contribution in [2.24, 2.45) is 0 Å². The molecule has 1 N–H and O–H groups in total. The van der Waals surface area contributed by atoms with Gasteiger partial charge >= 0.3 is 0 Å². The quantitative estimate of drug-likeness (QED) is 0.732. The lowest BCUT2D eigenvalue weighted by atomic mass is 10.1. The van der Waals surface area contributed by atoms with Crippen molar-refractivity contribution in [2.75, 3.05) is 0 Å². The highest BCUT2D eigenvalue weighted by molar-refractivity contribution is 6.31. The summed E-state index contributed by atoms with van der Waals surface area (Å²) in [5.74, 6) is 2.41. The number of hydrogen-bond donors (Lipinski definition) is 1. The Morgan fingerprint density at radius 3 is 2.77 bits per heavy atom. The van der Waals surface area contributed by atoms with Crippen LogP contribution in [0.25, 0.3) is 0 Å². The molecule has 0 bridgehead atoms. The standard InChI is InChI=1S/C11H11ClO/c1-2-5-10(13)8-9-6-3-4-7-11(9)12/h1,3-4,6-7,10,13H,5,8H2. The highest BCUT2D eigenvalue weighted by atomic mass is 35.5. The van der Waals surface area contributed by atoms with E-state index in [1.165, 1.54) is 0 Å². The molecule has 1 nitrogen and oxygen atoms in total. The second kappa shape index (κ2) is 4.91. The summed E-state index contributed by atoms with van der Waals surface area (Å²) >= 11 is 5.91. The van der Waals surface area contributed by atoms with E-state index in [0.29, 0.717) is 17.9 Å². The molecule has 1 rings (SSSR count). The zero-order valence-electron chi connectivity index (χ0n) is 7.20. The van der Waals surface area contributed by atoms with E-state index in [4.69, 9.17) is 18.0 Å². The lowest BCUT2D eigenvalue weighted by molar-refractivity contribution is 0.181. The minimum Gasteiger partial charge on any atom is -0.392 e. The molecule has 0 saturated carbocycles. The van der Waals surface area contributed by atoms with Gasteiger partial charge in [0.2, 0.25) is 0 Å². The van der Waals surface area contributed by atoms with Gasteiger partial charge < -0.3 is 5.11 Å². The average Bonchev–Trinajstić information content (AvgIpc) is 2.09. The largest absolute Gasteiger partial charge is 0.392 e. The van der Waals surface area contributed by atoms with E-state index < -0.39 is 6.10 Å². The molecule has 1 unspecified atom stereocenters. The predicted octanol–water partition coefficient (Wildman–Crippen LogP) is 2.27. The van der Waals surface area contributed by atoms with Gasteiger partial charge in [-0.3, -0.25) is 0 Å². The van der Waals surface area contributed by atoms with Crippen LogP contribution in [-0.4, -0.2) is 11.2 Å². The molecule has 13 heavy (non-hydrogen) atoms. The summed E-state index contributed by atoms with van der Waals surface area (Å²) in [6.45, 7) is 0. The third-order valence-corrected chi connectivity index (χ3v) is 2.14. The summed E-state index contributed by atoms with van der Waals surface area (Å²) in [6.07, 6.45) is 5.47. The zero-order valence-corrected chi connectivity index (χ0v) is 7.96. The van der Waals surface area contributed by atoms with Crippen LogP contribution in [0.4, 0.5) is 0 Å². The Kier molecular flexibility index (Phi) is 3.82. The maximum atomic E-state index is 9.43. The minimum atomic E-state index is -0.495. The van der Waals surface area contributed by atoms with Gasteiger partial charge in [0, 0.05) is 17.9 Å². The second-order valence-corrected chi connectivity index (χ2v) is 3.26. The van der Waals surface area contributed by atoms with Crippen molar-refractivity contribution in [3.63, 3.8) is 0 Å². The summed E-state index contributed by atoms with van der Waals surface area (Å²) in [5.41, 5.74) is 0.937. The molecule has 0 aromatic heterocycles. The van der Waals surface area contributed by atoms with E-state index in [1.54, 1.807) is 6.07 Å². The molecule has 0 radical (unpaired) electrons. The fourth-order valence-corrected chi connectivity index (χ4v) is 1.34. The normalized spacial score (nSPS) is 12.1. The fourth-order valence-electron chi connectivity index (χ4n) is 1.13. The van der Waals surface area contributed by atoms with Crippen LogP contribution in [0.5, 0.6) is 0 Å². The first-order chi connectivity index (χ1) is 6.24. The predicted molar refractivity (Wildman–Crippen MR) is 54.6 cm³/mol. The molecule has 0 aliphatic carbocycles. The second-order valence-electron chi connectivity index (χ2n) is 2.86. The molecular formula is C11H11ClO. The molecular weight excluding hydrogens is 184 g/mol. The summed E-state index contributed by atoms with van der Waals surface area (Å²) in [7, 11) is 0. The van der Waals surface area contributed by atoms with Crippen molar-refractivity contribution < 1.29 is 5.11 Å². The Bertz CT molecular complexity index is 314. The van der Waals surface area contributed by atoms with Gasteiger partial charge in [0.15, 0.2) is 0 Å². The average molecular weight is 195 g/mol. The number of aliphatic hydroxyl groups is 1. The number of aliphatic hydroxyl groups excluding tert-OH is 1. The monoisotopic (exact) mass is 194 g/mol. The molecule has 0 saturated heterocycles. The van der Waals surface area contributed by atoms with Crippen LogP contribution in [0.1, 0.15) is 12.0 Å². The van der Waals surface area contributed by atoms with Crippen LogP contribution in [-0.2, 0) is 6.42 Å². The summed E-state index contributed by atoms with van der Waals surface area (Å²) in [4.78, 5) is 0. The van der Waals surface area contributed by atoms with Crippen LogP contribution >= 0.6 is 11.6 Å². The van der Waals surface area contributed by atoms with Gasteiger partial charge in [0.25, 0.3) is 0 Å². The topological polar surface area (TPSA) is 20.2 Å².